The minimum absolute atomic E-state index is 0. The molecule has 4 heteroatoms. The van der Waals surface area contributed by atoms with Gasteiger partial charge in [-0.1, -0.05) is 6.58 Å². The van der Waals surface area contributed by atoms with Crippen molar-refractivity contribution in [1.82, 2.24) is 0 Å². The number of carbonyl (C=O) groups is 1. The van der Waals surface area contributed by atoms with Crippen LogP contribution in [0.25, 0.3) is 0 Å². The molecule has 1 amide bonds. The Kier molecular flexibility index (Phi) is 10.9. The van der Waals surface area contributed by atoms with Gasteiger partial charge in [-0.25, -0.2) is 0 Å². The maximum atomic E-state index is 9.47. The Bertz CT molecular complexity index is 110. The van der Waals surface area contributed by atoms with Crippen molar-refractivity contribution >= 4 is 5.91 Å². The van der Waals surface area contributed by atoms with E-state index in [1.807, 2.05) is 0 Å². The Balaban J connectivity index is -0.000000107. The van der Waals surface area contributed by atoms with Gasteiger partial charge < -0.3 is 15.7 Å². The van der Waals surface area contributed by atoms with E-state index in [2.05, 4.69) is 40.5 Å². The van der Waals surface area contributed by atoms with Crippen molar-refractivity contribution in [3.8, 4) is 0 Å². The van der Waals surface area contributed by atoms with Crippen molar-refractivity contribution in [2.45, 2.75) is 0 Å². The van der Waals surface area contributed by atoms with Crippen LogP contribution >= 0.6 is 0 Å². The molecule has 0 aliphatic heterocycles. The van der Waals surface area contributed by atoms with Crippen LogP contribution in [0.2, 0.25) is 0 Å². The molecular formula is C7H18N2O2. The van der Waals surface area contributed by atoms with Crippen LogP contribution in [0, 0.1) is 0 Å². The summed E-state index contributed by atoms with van der Waals surface area (Å²) in [5, 5.41) is 0. The van der Waals surface area contributed by atoms with E-state index in [4.69, 9.17) is 0 Å². The van der Waals surface area contributed by atoms with E-state index in [0.717, 1.165) is 10.6 Å². The van der Waals surface area contributed by atoms with Crippen molar-refractivity contribution in [2.24, 2.45) is 5.73 Å². The average molecular weight is 162 g/mol. The van der Waals surface area contributed by atoms with E-state index in [1.165, 1.54) is 0 Å². The summed E-state index contributed by atoms with van der Waals surface area (Å²) < 4.78 is 1.00. The smallest absolute Gasteiger partial charge is 0.240 e. The van der Waals surface area contributed by atoms with Gasteiger partial charge in [-0.2, -0.15) is 0 Å². The number of hydrogen-bond acceptors (Lipinski definition) is 2. The minimum Gasteiger partial charge on any atom is -0.870 e. The lowest BCUT2D eigenvalue weighted by Crippen LogP contribution is -2.27. The Morgan fingerprint density at radius 3 is 1.45 bits per heavy atom. The van der Waals surface area contributed by atoms with Crippen LogP contribution in [0.4, 0.5) is 0 Å². The standard InChI is InChI=1S/C4H12N.C3H5NO.H2O/c1-5(2,3)4;1-2-3(4)5;/h1-4H3;2H,1H2,(H2,4,5);1H2/q+1;;/p-1. The first-order chi connectivity index (χ1) is 4.27. The molecule has 0 aliphatic rings. The fourth-order valence-corrected chi connectivity index (χ4v) is 0. The SMILES string of the molecule is C=CC(N)=O.C[N+](C)(C)C.[OH-]. The zero-order valence-electron chi connectivity index (χ0n) is 7.66. The monoisotopic (exact) mass is 162 g/mol. The number of hydrogen-bond donors (Lipinski definition) is 1. The molecule has 0 aromatic carbocycles. The highest BCUT2D eigenvalue weighted by atomic mass is 16.1. The van der Waals surface area contributed by atoms with Crippen LogP contribution in [-0.2, 0) is 4.79 Å². The number of carbonyl (C=O) groups excluding carboxylic acids is 1. The molecule has 3 N–H and O–H groups in total. The van der Waals surface area contributed by atoms with Crippen LogP contribution < -0.4 is 5.73 Å². The van der Waals surface area contributed by atoms with Gasteiger partial charge in [0.1, 0.15) is 0 Å². The quantitative estimate of drug-likeness (QED) is 0.428. The fourth-order valence-electron chi connectivity index (χ4n) is 0. The van der Waals surface area contributed by atoms with Crippen LogP contribution in [0.5, 0.6) is 0 Å². The highest BCUT2D eigenvalue weighted by molar-refractivity contribution is 5.84. The van der Waals surface area contributed by atoms with Crippen LogP contribution in [0.15, 0.2) is 12.7 Å². The predicted octanol–water partition coefficient (Wildman–Crippen LogP) is -0.197. The number of amides is 1. The summed E-state index contributed by atoms with van der Waals surface area (Å²) in [5.41, 5.74) is 4.53. The molecule has 0 saturated carbocycles. The number of nitrogens with two attached hydrogens (primary N) is 1. The Morgan fingerprint density at radius 1 is 1.36 bits per heavy atom. The zero-order chi connectivity index (χ0) is 8.78. The average Bonchev–Trinajstić information content (AvgIpc) is 1.61. The molecule has 68 valence electrons. The molecule has 0 fully saturated rings. The van der Waals surface area contributed by atoms with Crippen molar-refractivity contribution in [3.63, 3.8) is 0 Å². The van der Waals surface area contributed by atoms with Gasteiger partial charge in [-0.15, -0.1) is 0 Å². The van der Waals surface area contributed by atoms with Crippen molar-refractivity contribution in [2.75, 3.05) is 28.2 Å². The number of nitrogens with zero attached hydrogens (tertiary/aromatic N) is 1. The Morgan fingerprint density at radius 2 is 1.45 bits per heavy atom. The first-order valence-electron chi connectivity index (χ1n) is 2.98. The third kappa shape index (κ3) is 363. The Labute approximate surface area is 68.2 Å². The van der Waals surface area contributed by atoms with Crippen LogP contribution in [0.1, 0.15) is 0 Å². The third-order valence-electron chi connectivity index (χ3n) is 0.201. The summed E-state index contributed by atoms with van der Waals surface area (Å²) in [4.78, 5) is 9.47. The summed E-state index contributed by atoms with van der Waals surface area (Å²) in [6.45, 7) is 3.09. The second-order valence-electron chi connectivity index (χ2n) is 3.29. The number of primary amides is 1. The second-order valence-corrected chi connectivity index (χ2v) is 3.29. The zero-order valence-corrected chi connectivity index (χ0v) is 7.66. The predicted molar refractivity (Wildman–Crippen MR) is 45.3 cm³/mol. The minimum atomic E-state index is -0.481. The highest BCUT2D eigenvalue weighted by Gasteiger charge is 1.88. The van der Waals surface area contributed by atoms with E-state index >= 15 is 0 Å². The molecule has 4 nitrogen and oxygen atoms in total. The number of quaternary nitrogens is 1. The summed E-state index contributed by atoms with van der Waals surface area (Å²) in [6.07, 6.45) is 1.06. The van der Waals surface area contributed by atoms with Gasteiger partial charge in [0.2, 0.25) is 5.91 Å². The molecule has 0 unspecified atom stereocenters. The van der Waals surface area contributed by atoms with Crippen LogP contribution in [-0.4, -0.2) is 44.1 Å². The molecule has 11 heavy (non-hydrogen) atoms. The molecule has 0 atom stereocenters. The molecule has 0 heterocycles. The maximum Gasteiger partial charge on any atom is 0.240 e. The molecule has 0 aromatic heterocycles. The summed E-state index contributed by atoms with van der Waals surface area (Å²) >= 11 is 0. The van der Waals surface area contributed by atoms with Gasteiger partial charge in [-0.05, 0) is 6.08 Å². The van der Waals surface area contributed by atoms with E-state index < -0.39 is 5.91 Å². The number of rotatable bonds is 1. The molecule has 0 aromatic rings. The third-order valence-corrected chi connectivity index (χ3v) is 0.201. The highest BCUT2D eigenvalue weighted by Crippen LogP contribution is 1.73. The molecule has 0 bridgehead atoms. The molecule has 0 aliphatic carbocycles. The lowest BCUT2D eigenvalue weighted by molar-refractivity contribution is -0.849. The molecule has 0 rings (SSSR count). The van der Waals surface area contributed by atoms with E-state index in [9.17, 15) is 4.79 Å². The van der Waals surface area contributed by atoms with Crippen molar-refractivity contribution in [3.05, 3.63) is 12.7 Å². The second kappa shape index (κ2) is 7.24. The van der Waals surface area contributed by atoms with Crippen LogP contribution in [0.3, 0.4) is 0 Å². The molecule has 0 saturated heterocycles. The first kappa shape index (κ1) is 16.6. The topological polar surface area (TPSA) is 73.1 Å². The largest absolute Gasteiger partial charge is 0.870 e. The lowest BCUT2D eigenvalue weighted by Gasteiger charge is -2.14. The van der Waals surface area contributed by atoms with Crippen molar-refractivity contribution in [1.29, 1.82) is 0 Å². The molecular weight excluding hydrogens is 144 g/mol. The van der Waals surface area contributed by atoms with Gasteiger partial charge in [0, 0.05) is 0 Å². The normalized spacial score (nSPS) is 8.36. The van der Waals surface area contributed by atoms with Gasteiger partial charge in [-0.3, -0.25) is 4.79 Å². The lowest BCUT2D eigenvalue weighted by atomic mass is 10.6. The first-order valence-corrected chi connectivity index (χ1v) is 2.98. The van der Waals surface area contributed by atoms with E-state index in [0.29, 0.717) is 0 Å². The van der Waals surface area contributed by atoms with E-state index in [1.54, 1.807) is 0 Å². The van der Waals surface area contributed by atoms with Gasteiger partial charge in [0.15, 0.2) is 0 Å². The summed E-state index contributed by atoms with van der Waals surface area (Å²) in [6, 6.07) is 0. The van der Waals surface area contributed by atoms with Gasteiger partial charge in [0.25, 0.3) is 0 Å². The van der Waals surface area contributed by atoms with E-state index in [-0.39, 0.29) is 5.48 Å². The molecule has 0 spiro atoms. The molecule has 0 radical (unpaired) electrons. The van der Waals surface area contributed by atoms with Gasteiger partial charge >= 0.3 is 0 Å². The van der Waals surface area contributed by atoms with Crippen molar-refractivity contribution < 1.29 is 14.8 Å². The summed E-state index contributed by atoms with van der Waals surface area (Å²) in [5.74, 6) is -0.481. The fraction of sp³-hybridized carbons (Fsp3) is 0.571. The Hall–Kier alpha value is -0.870. The summed E-state index contributed by atoms with van der Waals surface area (Å²) in [7, 11) is 8.50. The van der Waals surface area contributed by atoms with Gasteiger partial charge in [0.05, 0.1) is 28.2 Å². The maximum absolute atomic E-state index is 9.47.